The van der Waals surface area contributed by atoms with Crippen LogP contribution in [0.25, 0.3) is 0 Å². The Morgan fingerprint density at radius 1 is 1.12 bits per heavy atom. The van der Waals surface area contributed by atoms with Crippen molar-refractivity contribution in [1.82, 2.24) is 4.31 Å². The molecule has 0 saturated carbocycles. The molecule has 4 atom stereocenters. The number of nitrogens with zero attached hydrogens (tertiary/aromatic N) is 2. The van der Waals surface area contributed by atoms with Gasteiger partial charge >= 0.3 is 0 Å². The van der Waals surface area contributed by atoms with Crippen LogP contribution in [0.5, 0.6) is 0 Å². The molecule has 3 heterocycles. The maximum absolute atomic E-state index is 14.0. The highest BCUT2D eigenvalue weighted by Crippen LogP contribution is 2.44. The molecule has 2 aromatic rings. The van der Waals surface area contributed by atoms with Crippen molar-refractivity contribution in [2.24, 2.45) is 0 Å². The predicted octanol–water partition coefficient (Wildman–Crippen LogP) is 2.22. The number of anilines is 1. The van der Waals surface area contributed by atoms with Gasteiger partial charge in [-0.1, -0.05) is 29.3 Å². The SMILES string of the molecule is Cc1ccc2c(c1)[C@H]1C[NH+](C)CC[C@H]1N2C(=O)[C@@H]1CCCN1S(=O)(=O)c1ccc(Cl)cc1. The lowest BCUT2D eigenvalue weighted by atomic mass is 9.88. The van der Waals surface area contributed by atoms with Crippen LogP contribution >= 0.6 is 11.6 Å². The summed E-state index contributed by atoms with van der Waals surface area (Å²) in [4.78, 5) is 17.6. The first-order chi connectivity index (χ1) is 15.3. The summed E-state index contributed by atoms with van der Waals surface area (Å²) in [5.74, 6) is 0.211. The van der Waals surface area contributed by atoms with Gasteiger partial charge in [-0.25, -0.2) is 8.42 Å². The number of nitrogens with one attached hydrogen (secondary N) is 1. The van der Waals surface area contributed by atoms with Crippen LogP contribution in [0.15, 0.2) is 47.4 Å². The van der Waals surface area contributed by atoms with Crippen LogP contribution in [0.2, 0.25) is 5.02 Å². The number of likely N-dealkylation sites (tertiary alicyclic amines) is 1. The first kappa shape index (κ1) is 21.9. The number of halogens is 1. The molecule has 5 rings (SSSR count). The van der Waals surface area contributed by atoms with Gasteiger partial charge in [0.2, 0.25) is 15.9 Å². The smallest absolute Gasteiger partial charge is 0.245 e. The van der Waals surface area contributed by atoms with Crippen LogP contribution in [-0.2, 0) is 14.8 Å². The van der Waals surface area contributed by atoms with Crippen LogP contribution in [0.4, 0.5) is 5.69 Å². The highest BCUT2D eigenvalue weighted by Gasteiger charge is 2.49. The second kappa shape index (κ2) is 8.13. The number of carbonyl (C=O) groups is 1. The molecular weight excluding hydrogens is 446 g/mol. The summed E-state index contributed by atoms with van der Waals surface area (Å²) in [6, 6.07) is 11.9. The van der Waals surface area contributed by atoms with Crippen LogP contribution in [-0.4, -0.2) is 57.4 Å². The van der Waals surface area contributed by atoms with Crippen LogP contribution in [0.1, 0.15) is 36.3 Å². The number of piperidine rings is 1. The molecule has 0 aliphatic carbocycles. The van der Waals surface area contributed by atoms with E-state index in [1.807, 2.05) is 17.0 Å². The summed E-state index contributed by atoms with van der Waals surface area (Å²) < 4.78 is 28.2. The predicted molar refractivity (Wildman–Crippen MR) is 125 cm³/mol. The average molecular weight is 475 g/mol. The minimum atomic E-state index is -3.78. The first-order valence-corrected chi connectivity index (χ1v) is 13.1. The fourth-order valence-corrected chi connectivity index (χ4v) is 7.44. The molecule has 8 heteroatoms. The molecule has 170 valence electrons. The Morgan fingerprint density at radius 2 is 1.88 bits per heavy atom. The van der Waals surface area contributed by atoms with Crippen LogP contribution in [0, 0.1) is 6.92 Å². The molecule has 0 spiro atoms. The number of likely N-dealkylation sites (N-methyl/N-ethyl adjacent to an activating group) is 1. The van der Waals surface area contributed by atoms with Gasteiger partial charge in [0.05, 0.1) is 37.0 Å². The normalized spacial score (nSPS) is 27.9. The number of rotatable bonds is 3. The summed E-state index contributed by atoms with van der Waals surface area (Å²) >= 11 is 5.95. The van der Waals surface area contributed by atoms with Gasteiger partial charge in [0.25, 0.3) is 0 Å². The van der Waals surface area contributed by atoms with Gasteiger partial charge in [-0.3, -0.25) is 4.79 Å². The number of hydrogen-bond donors (Lipinski definition) is 1. The number of amides is 1. The highest BCUT2D eigenvalue weighted by molar-refractivity contribution is 7.89. The third kappa shape index (κ3) is 3.55. The molecule has 0 radical (unpaired) electrons. The Hall–Kier alpha value is -1.93. The van der Waals surface area contributed by atoms with Crippen molar-refractivity contribution in [3.05, 3.63) is 58.6 Å². The molecule has 2 aromatic carbocycles. The molecule has 2 saturated heterocycles. The van der Waals surface area contributed by atoms with E-state index >= 15 is 0 Å². The van der Waals surface area contributed by atoms with Gasteiger partial charge in [-0.2, -0.15) is 4.31 Å². The monoisotopic (exact) mass is 474 g/mol. The molecule has 0 bridgehead atoms. The van der Waals surface area contributed by atoms with Crippen LogP contribution in [0.3, 0.4) is 0 Å². The molecular formula is C24H29ClN3O3S+. The number of hydrogen-bond acceptors (Lipinski definition) is 3. The summed E-state index contributed by atoms with van der Waals surface area (Å²) in [6.45, 7) is 4.44. The van der Waals surface area contributed by atoms with E-state index in [2.05, 4.69) is 20.0 Å². The van der Waals surface area contributed by atoms with E-state index < -0.39 is 16.1 Å². The largest absolute Gasteiger partial charge is 0.337 e. The average Bonchev–Trinajstić information content (AvgIpc) is 3.37. The fraction of sp³-hybridized carbons (Fsp3) is 0.458. The Kier molecular flexibility index (Phi) is 5.56. The fourth-order valence-electron chi connectivity index (χ4n) is 5.66. The lowest BCUT2D eigenvalue weighted by Crippen LogP contribution is -3.11. The minimum Gasteiger partial charge on any atom is -0.337 e. The maximum Gasteiger partial charge on any atom is 0.245 e. The van der Waals surface area contributed by atoms with E-state index in [9.17, 15) is 13.2 Å². The van der Waals surface area contributed by atoms with Crippen LogP contribution < -0.4 is 9.80 Å². The second-order valence-corrected chi connectivity index (χ2v) is 11.7. The minimum absolute atomic E-state index is 0.0859. The molecule has 1 amide bonds. The van der Waals surface area contributed by atoms with Gasteiger partial charge in [-0.15, -0.1) is 0 Å². The Bertz CT molecular complexity index is 1150. The quantitative estimate of drug-likeness (QED) is 0.742. The second-order valence-electron chi connectivity index (χ2n) is 9.37. The molecule has 3 aliphatic rings. The van der Waals surface area contributed by atoms with E-state index in [0.717, 1.165) is 25.2 Å². The van der Waals surface area contributed by atoms with Gasteiger partial charge in [0, 0.05) is 23.7 Å². The van der Waals surface area contributed by atoms with E-state index in [1.165, 1.54) is 32.5 Å². The Morgan fingerprint density at radius 3 is 2.62 bits per heavy atom. The molecule has 32 heavy (non-hydrogen) atoms. The van der Waals surface area contributed by atoms with Crippen molar-refractivity contribution < 1.29 is 18.1 Å². The van der Waals surface area contributed by atoms with E-state index in [-0.39, 0.29) is 16.8 Å². The summed E-state index contributed by atoms with van der Waals surface area (Å²) in [6.07, 6.45) is 2.15. The van der Waals surface area contributed by atoms with Crippen molar-refractivity contribution in [1.29, 1.82) is 0 Å². The number of carbonyl (C=O) groups excluding carboxylic acids is 1. The Labute approximate surface area is 194 Å². The third-order valence-electron chi connectivity index (χ3n) is 7.22. The summed E-state index contributed by atoms with van der Waals surface area (Å²) in [7, 11) is -1.58. The van der Waals surface area contributed by atoms with Gasteiger partial charge in [0.1, 0.15) is 6.04 Å². The number of aryl methyl sites for hydroxylation is 1. The lowest BCUT2D eigenvalue weighted by molar-refractivity contribution is -0.886. The molecule has 1 unspecified atom stereocenters. The highest BCUT2D eigenvalue weighted by atomic mass is 35.5. The summed E-state index contributed by atoms with van der Waals surface area (Å²) in [5, 5.41) is 0.484. The van der Waals surface area contributed by atoms with Gasteiger partial charge in [0.15, 0.2) is 0 Å². The van der Waals surface area contributed by atoms with Crippen molar-refractivity contribution in [3.63, 3.8) is 0 Å². The standard InChI is InChI=1S/C24H28ClN3O3S/c1-16-5-10-21-19(14-16)20-15-26(2)13-11-22(20)28(21)24(29)23-4-3-12-27(23)32(30,31)18-8-6-17(25)7-9-18/h5-10,14,20,22-23H,3-4,11-13,15H2,1-2H3/p+1/t20-,22-,23+/m1/s1. The molecule has 6 nitrogen and oxygen atoms in total. The zero-order valence-electron chi connectivity index (χ0n) is 18.4. The van der Waals surface area contributed by atoms with Crippen molar-refractivity contribution in [3.8, 4) is 0 Å². The molecule has 3 aliphatic heterocycles. The maximum atomic E-state index is 14.0. The van der Waals surface area contributed by atoms with E-state index in [1.54, 1.807) is 12.1 Å². The zero-order valence-corrected chi connectivity index (χ0v) is 20.0. The van der Waals surface area contributed by atoms with Crippen molar-refractivity contribution >= 4 is 33.2 Å². The number of fused-ring (bicyclic) bond motifs is 3. The summed E-state index contributed by atoms with van der Waals surface area (Å²) in [5.41, 5.74) is 3.38. The number of quaternary nitrogens is 1. The molecule has 1 N–H and O–H groups in total. The Balaban J connectivity index is 1.50. The van der Waals surface area contributed by atoms with Crippen molar-refractivity contribution in [2.45, 2.75) is 49.1 Å². The number of sulfonamides is 1. The van der Waals surface area contributed by atoms with Gasteiger partial charge < -0.3 is 9.80 Å². The van der Waals surface area contributed by atoms with E-state index in [0.29, 0.717) is 30.3 Å². The first-order valence-electron chi connectivity index (χ1n) is 11.3. The van der Waals surface area contributed by atoms with Crippen molar-refractivity contribution in [2.75, 3.05) is 31.6 Å². The third-order valence-corrected chi connectivity index (χ3v) is 9.39. The zero-order chi connectivity index (χ0) is 22.6. The lowest BCUT2D eigenvalue weighted by Gasteiger charge is -2.36. The van der Waals surface area contributed by atoms with E-state index in [4.69, 9.17) is 11.6 Å². The van der Waals surface area contributed by atoms with Gasteiger partial charge in [-0.05, 0) is 55.7 Å². The molecule has 2 fully saturated rings. The molecule has 0 aromatic heterocycles. The topological polar surface area (TPSA) is 62.1 Å². The number of benzene rings is 2.